The fourth-order valence-electron chi connectivity index (χ4n) is 7.06. The van der Waals surface area contributed by atoms with Crippen molar-refractivity contribution in [3.63, 3.8) is 0 Å². The van der Waals surface area contributed by atoms with Gasteiger partial charge in [-0.3, -0.25) is 0 Å². The van der Waals surface area contributed by atoms with Gasteiger partial charge in [-0.05, 0) is 103 Å². The van der Waals surface area contributed by atoms with Gasteiger partial charge in [-0.15, -0.1) is 0 Å². The van der Waals surface area contributed by atoms with Crippen LogP contribution in [0, 0.1) is 18.8 Å². The standard InChI is InChI=1S/C33H58N6O2/c1-12-30(8)19-26(22(6)32(10,14-3)38-30)36-28(40)34-24-17-16-21(5)25(18-24)35-29(41)37-27-20-31(9,13-2)39-33(11,15-4)23(27)7/h16-18,22-23,26-27,38-39H,12-15,19-20H2,1-11H3,(H2,34,36,40)(H2,35,37,41). The molecule has 1 aromatic rings. The van der Waals surface area contributed by atoms with Crippen molar-refractivity contribution in [2.24, 2.45) is 11.8 Å². The van der Waals surface area contributed by atoms with Gasteiger partial charge in [0.1, 0.15) is 0 Å². The first kappa shape index (κ1) is 33.2. The maximum Gasteiger partial charge on any atom is 0.319 e. The average Bonchev–Trinajstić information content (AvgIpc) is 2.91. The summed E-state index contributed by atoms with van der Waals surface area (Å²) in [5, 5.41) is 20.3. The lowest BCUT2D eigenvalue weighted by Crippen LogP contribution is -2.68. The SMILES string of the molecule is CCC1(C)CC(NC(=O)Nc2ccc(C)c(NC(=O)NC3CC(C)(CC)NC(C)(CC)C3C)c2)C(C)C(C)(CC)N1. The number of benzene rings is 1. The number of rotatable bonds is 8. The van der Waals surface area contributed by atoms with E-state index < -0.39 is 0 Å². The second-order valence-corrected chi connectivity index (χ2v) is 14.0. The molecule has 0 aromatic heterocycles. The number of anilines is 2. The van der Waals surface area contributed by atoms with E-state index >= 15 is 0 Å². The van der Waals surface area contributed by atoms with Crippen LogP contribution in [0.1, 0.15) is 113 Å². The van der Waals surface area contributed by atoms with Crippen LogP contribution in [0.2, 0.25) is 0 Å². The van der Waals surface area contributed by atoms with E-state index in [9.17, 15) is 9.59 Å². The molecule has 0 radical (unpaired) electrons. The molecule has 0 spiro atoms. The number of urea groups is 2. The third-order valence-corrected chi connectivity index (χ3v) is 11.1. The number of nitrogens with one attached hydrogen (secondary N) is 6. The molecule has 232 valence electrons. The number of carbonyl (C=O) groups excluding carboxylic acids is 2. The summed E-state index contributed by atoms with van der Waals surface area (Å²) in [5.41, 5.74) is 2.11. The minimum atomic E-state index is -0.221. The third-order valence-electron chi connectivity index (χ3n) is 11.1. The van der Waals surface area contributed by atoms with Crippen LogP contribution in [0.15, 0.2) is 18.2 Å². The topological polar surface area (TPSA) is 106 Å². The van der Waals surface area contributed by atoms with Gasteiger partial charge < -0.3 is 31.9 Å². The Hall–Kier alpha value is -2.32. The van der Waals surface area contributed by atoms with Crippen LogP contribution in [0.25, 0.3) is 0 Å². The molecule has 3 rings (SSSR count). The molecule has 8 unspecified atom stereocenters. The lowest BCUT2D eigenvalue weighted by Gasteiger charge is -2.53. The summed E-state index contributed by atoms with van der Waals surface area (Å²) in [5.74, 6) is 0.551. The second kappa shape index (κ2) is 12.5. The average molecular weight is 571 g/mol. The Kier molecular flexibility index (Phi) is 10.1. The first-order valence-electron chi connectivity index (χ1n) is 15.9. The van der Waals surface area contributed by atoms with Crippen molar-refractivity contribution in [1.29, 1.82) is 0 Å². The van der Waals surface area contributed by atoms with Gasteiger partial charge in [0.25, 0.3) is 0 Å². The summed E-state index contributed by atoms with van der Waals surface area (Å²) < 4.78 is 0. The fraction of sp³-hybridized carbons (Fsp3) is 0.758. The van der Waals surface area contributed by atoms with Crippen molar-refractivity contribution in [1.82, 2.24) is 21.3 Å². The zero-order valence-electron chi connectivity index (χ0n) is 27.6. The summed E-state index contributed by atoms with van der Waals surface area (Å²) in [6, 6.07) is 5.31. The predicted octanol–water partition coefficient (Wildman–Crippen LogP) is 6.91. The van der Waals surface area contributed by atoms with Crippen molar-refractivity contribution >= 4 is 23.4 Å². The minimum absolute atomic E-state index is 0.0292. The van der Waals surface area contributed by atoms with Gasteiger partial charge in [0.2, 0.25) is 0 Å². The monoisotopic (exact) mass is 570 g/mol. The maximum atomic E-state index is 13.2. The highest BCUT2D eigenvalue weighted by Gasteiger charge is 2.47. The van der Waals surface area contributed by atoms with Gasteiger partial charge in [-0.25, -0.2) is 9.59 Å². The number of hydrogen-bond donors (Lipinski definition) is 6. The van der Waals surface area contributed by atoms with Gasteiger partial charge in [0.05, 0.1) is 0 Å². The van der Waals surface area contributed by atoms with E-state index in [0.717, 1.165) is 44.1 Å². The van der Waals surface area contributed by atoms with E-state index in [0.29, 0.717) is 11.4 Å². The zero-order chi connectivity index (χ0) is 30.8. The van der Waals surface area contributed by atoms with Crippen molar-refractivity contribution in [3.8, 4) is 0 Å². The molecule has 2 fully saturated rings. The van der Waals surface area contributed by atoms with Crippen molar-refractivity contribution in [3.05, 3.63) is 23.8 Å². The van der Waals surface area contributed by atoms with Crippen LogP contribution in [-0.2, 0) is 0 Å². The zero-order valence-corrected chi connectivity index (χ0v) is 27.6. The maximum absolute atomic E-state index is 13.2. The van der Waals surface area contributed by atoms with Crippen LogP contribution in [0.4, 0.5) is 21.0 Å². The molecule has 1 aromatic carbocycles. The Morgan fingerprint density at radius 3 is 1.61 bits per heavy atom. The largest absolute Gasteiger partial charge is 0.335 e. The second-order valence-electron chi connectivity index (χ2n) is 14.0. The van der Waals surface area contributed by atoms with Crippen LogP contribution in [0.5, 0.6) is 0 Å². The van der Waals surface area contributed by atoms with E-state index in [4.69, 9.17) is 0 Å². The highest BCUT2D eigenvalue weighted by atomic mass is 16.2. The molecular weight excluding hydrogens is 512 g/mol. The summed E-state index contributed by atoms with van der Waals surface area (Å²) in [7, 11) is 0. The highest BCUT2D eigenvalue weighted by molar-refractivity contribution is 5.93. The number of piperidine rings is 2. The molecular formula is C33H58N6O2. The molecule has 0 bridgehead atoms. The molecule has 0 aliphatic carbocycles. The highest BCUT2D eigenvalue weighted by Crippen LogP contribution is 2.38. The van der Waals surface area contributed by atoms with Crippen molar-refractivity contribution < 1.29 is 9.59 Å². The van der Waals surface area contributed by atoms with E-state index in [1.54, 1.807) is 0 Å². The number of hydrogen-bond acceptors (Lipinski definition) is 4. The van der Waals surface area contributed by atoms with Gasteiger partial charge in [0, 0.05) is 45.6 Å². The molecule has 2 saturated heterocycles. The van der Waals surface area contributed by atoms with Crippen LogP contribution in [0.3, 0.4) is 0 Å². The smallest absolute Gasteiger partial charge is 0.319 e. The fourth-order valence-corrected chi connectivity index (χ4v) is 7.06. The molecule has 0 saturated carbocycles. The lowest BCUT2D eigenvalue weighted by molar-refractivity contribution is 0.0628. The minimum Gasteiger partial charge on any atom is -0.335 e. The first-order valence-corrected chi connectivity index (χ1v) is 15.9. The Labute approximate surface area is 249 Å². The first-order chi connectivity index (χ1) is 19.0. The van der Waals surface area contributed by atoms with Crippen LogP contribution >= 0.6 is 0 Å². The normalized spacial score (nSPS) is 37.2. The third kappa shape index (κ3) is 7.37. The number of carbonyl (C=O) groups is 2. The van der Waals surface area contributed by atoms with E-state index in [1.807, 2.05) is 25.1 Å². The van der Waals surface area contributed by atoms with E-state index in [-0.39, 0.29) is 58.1 Å². The summed E-state index contributed by atoms with van der Waals surface area (Å²) in [4.78, 5) is 26.4. The van der Waals surface area contributed by atoms with Gasteiger partial charge >= 0.3 is 12.1 Å². The number of amides is 4. The lowest BCUT2D eigenvalue weighted by atomic mass is 9.69. The summed E-state index contributed by atoms with van der Waals surface area (Å²) in [6.07, 6.45) is 5.72. The van der Waals surface area contributed by atoms with Crippen molar-refractivity contribution in [2.75, 3.05) is 10.6 Å². The Morgan fingerprint density at radius 1 is 0.756 bits per heavy atom. The Morgan fingerprint density at radius 2 is 1.20 bits per heavy atom. The van der Waals surface area contributed by atoms with Crippen molar-refractivity contribution in [2.45, 2.75) is 149 Å². The van der Waals surface area contributed by atoms with Gasteiger partial charge in [-0.2, -0.15) is 0 Å². The summed E-state index contributed by atoms with van der Waals surface area (Å²) >= 11 is 0. The van der Waals surface area contributed by atoms with Gasteiger partial charge in [0.15, 0.2) is 0 Å². The molecule has 8 nitrogen and oxygen atoms in total. The van der Waals surface area contributed by atoms with E-state index in [1.165, 1.54) is 0 Å². The number of aryl methyl sites for hydroxylation is 1. The molecule has 2 aliphatic heterocycles. The molecule has 8 heteroatoms. The Balaban J connectivity index is 1.68. The quantitative estimate of drug-likeness (QED) is 0.204. The molecule has 4 amide bonds. The van der Waals surface area contributed by atoms with Crippen LogP contribution < -0.4 is 31.9 Å². The van der Waals surface area contributed by atoms with Crippen LogP contribution in [-0.4, -0.2) is 46.3 Å². The predicted molar refractivity (Wildman–Crippen MR) is 172 cm³/mol. The molecule has 8 atom stereocenters. The molecule has 2 aliphatic rings. The molecule has 41 heavy (non-hydrogen) atoms. The molecule has 6 N–H and O–H groups in total. The molecule has 2 heterocycles. The Bertz CT molecular complexity index is 1100. The van der Waals surface area contributed by atoms with Gasteiger partial charge in [-0.1, -0.05) is 47.6 Å². The summed E-state index contributed by atoms with van der Waals surface area (Å²) in [6.45, 7) is 24.2. The van der Waals surface area contributed by atoms with E-state index in [2.05, 4.69) is 101 Å².